The lowest BCUT2D eigenvalue weighted by molar-refractivity contribution is -0.124. The molecule has 3 nitrogen and oxygen atoms in total. The Hall–Kier alpha value is -0.770. The van der Waals surface area contributed by atoms with Gasteiger partial charge in [0.15, 0.2) is 0 Å². The predicted octanol–water partition coefficient (Wildman–Crippen LogP) is 2.76. The first kappa shape index (κ1) is 11.7. The fourth-order valence-electron chi connectivity index (χ4n) is 1.69. The fraction of sp³-hybridized carbons (Fsp3) is 0.364. The molecule has 5 heteroatoms. The van der Waals surface area contributed by atoms with Gasteiger partial charge in [0.05, 0.1) is 6.04 Å². The summed E-state index contributed by atoms with van der Waals surface area (Å²) in [4.78, 5) is 11.0. The van der Waals surface area contributed by atoms with E-state index in [0.29, 0.717) is 16.5 Å². The monoisotopic (exact) mass is 258 g/mol. The molecule has 1 fully saturated rings. The number of rotatable bonds is 1. The number of benzene rings is 1. The quantitative estimate of drug-likeness (QED) is 0.814. The van der Waals surface area contributed by atoms with Crippen molar-refractivity contribution < 1.29 is 4.79 Å². The molecule has 0 bridgehead atoms. The van der Waals surface area contributed by atoms with Crippen LogP contribution in [-0.2, 0) is 4.79 Å². The highest BCUT2D eigenvalue weighted by Crippen LogP contribution is 2.30. The van der Waals surface area contributed by atoms with Crippen LogP contribution in [0.15, 0.2) is 12.1 Å². The average Bonchev–Trinajstić information content (AvgIpc) is 2.26. The number of hydrogen-bond acceptors (Lipinski definition) is 2. The molecule has 1 aromatic rings. The maximum absolute atomic E-state index is 11.0. The van der Waals surface area contributed by atoms with Crippen LogP contribution in [0.4, 0.5) is 0 Å². The highest BCUT2D eigenvalue weighted by molar-refractivity contribution is 6.36. The third kappa shape index (κ3) is 2.32. The van der Waals surface area contributed by atoms with E-state index in [1.807, 2.05) is 19.1 Å². The van der Waals surface area contributed by atoms with Gasteiger partial charge in [0.1, 0.15) is 0 Å². The molecule has 1 heterocycles. The Balaban J connectivity index is 2.24. The molecule has 0 aliphatic carbocycles. The summed E-state index contributed by atoms with van der Waals surface area (Å²) in [5.74, 6) is 0.0144. The van der Waals surface area contributed by atoms with Gasteiger partial charge in [-0.05, 0) is 36.6 Å². The molecule has 1 unspecified atom stereocenters. The van der Waals surface area contributed by atoms with Crippen molar-refractivity contribution in [3.05, 3.63) is 33.3 Å². The molecule has 1 aromatic carbocycles. The topological polar surface area (TPSA) is 41.1 Å². The molecule has 2 N–H and O–H groups in total. The highest BCUT2D eigenvalue weighted by atomic mass is 35.5. The van der Waals surface area contributed by atoms with E-state index in [4.69, 9.17) is 23.2 Å². The predicted molar refractivity (Wildman–Crippen MR) is 64.5 cm³/mol. The first-order chi connectivity index (χ1) is 7.58. The molecule has 1 amide bonds. The van der Waals surface area contributed by atoms with Gasteiger partial charge in [-0.3, -0.25) is 10.2 Å². The lowest BCUT2D eigenvalue weighted by Crippen LogP contribution is -2.44. The molecular formula is C11H12Cl2N2O. The summed E-state index contributed by atoms with van der Waals surface area (Å²) in [7, 11) is 0. The fourth-order valence-corrected chi connectivity index (χ4v) is 2.20. The number of nitrogens with one attached hydrogen (secondary N) is 2. The van der Waals surface area contributed by atoms with Gasteiger partial charge in [-0.15, -0.1) is 0 Å². The number of halogens is 2. The molecule has 1 aliphatic rings. The van der Waals surface area contributed by atoms with Crippen LogP contribution in [0.5, 0.6) is 0 Å². The van der Waals surface area contributed by atoms with E-state index in [9.17, 15) is 4.79 Å². The first-order valence-electron chi connectivity index (χ1n) is 5.08. The summed E-state index contributed by atoms with van der Waals surface area (Å²) in [5.41, 5.74) is 7.43. The van der Waals surface area contributed by atoms with Crippen molar-refractivity contribution in [2.75, 3.05) is 0 Å². The van der Waals surface area contributed by atoms with Crippen molar-refractivity contribution in [2.45, 2.75) is 25.8 Å². The van der Waals surface area contributed by atoms with Gasteiger partial charge in [0.2, 0.25) is 5.91 Å². The van der Waals surface area contributed by atoms with Gasteiger partial charge in [-0.25, -0.2) is 5.43 Å². The van der Waals surface area contributed by atoms with Crippen LogP contribution in [0.1, 0.15) is 30.0 Å². The molecule has 1 aliphatic heterocycles. The van der Waals surface area contributed by atoms with Crippen LogP contribution in [0.2, 0.25) is 10.0 Å². The van der Waals surface area contributed by atoms with E-state index in [-0.39, 0.29) is 11.9 Å². The Morgan fingerprint density at radius 2 is 1.94 bits per heavy atom. The number of carbonyl (C=O) groups excluding carboxylic acids is 1. The molecule has 2 rings (SSSR count). The van der Waals surface area contributed by atoms with Crippen molar-refractivity contribution in [1.82, 2.24) is 10.9 Å². The van der Waals surface area contributed by atoms with Gasteiger partial charge in [0, 0.05) is 16.5 Å². The largest absolute Gasteiger partial charge is 0.291 e. The molecule has 86 valence electrons. The van der Waals surface area contributed by atoms with E-state index in [1.165, 1.54) is 0 Å². The Kier molecular flexibility index (Phi) is 3.38. The third-order valence-electron chi connectivity index (χ3n) is 2.75. The summed E-state index contributed by atoms with van der Waals surface area (Å²) in [5, 5.41) is 1.31. The second kappa shape index (κ2) is 4.62. The lowest BCUT2D eigenvalue weighted by atomic mass is 10.00. The lowest BCUT2D eigenvalue weighted by Gasteiger charge is -2.24. The number of hydrogen-bond donors (Lipinski definition) is 2. The van der Waals surface area contributed by atoms with Crippen LogP contribution < -0.4 is 10.9 Å². The molecule has 16 heavy (non-hydrogen) atoms. The van der Waals surface area contributed by atoms with E-state index >= 15 is 0 Å². The third-order valence-corrected chi connectivity index (χ3v) is 3.54. The Morgan fingerprint density at radius 3 is 2.44 bits per heavy atom. The summed E-state index contributed by atoms with van der Waals surface area (Å²) in [6, 6.07) is 3.85. The van der Waals surface area contributed by atoms with E-state index in [1.54, 1.807) is 0 Å². The van der Waals surface area contributed by atoms with Gasteiger partial charge in [-0.1, -0.05) is 23.2 Å². The second-order valence-electron chi connectivity index (χ2n) is 3.89. The standard InChI is InChI=1S/C11H12Cl2N2O/c1-6-8(12)4-7(5-9(6)13)10-2-3-11(16)15-14-10/h4-5,10,14H,2-3H2,1H3,(H,15,16). The van der Waals surface area contributed by atoms with Crippen LogP contribution in [-0.4, -0.2) is 5.91 Å². The van der Waals surface area contributed by atoms with Gasteiger partial charge >= 0.3 is 0 Å². The van der Waals surface area contributed by atoms with Crippen molar-refractivity contribution in [2.24, 2.45) is 0 Å². The zero-order chi connectivity index (χ0) is 11.7. The van der Waals surface area contributed by atoms with Crippen molar-refractivity contribution >= 4 is 29.1 Å². The number of amides is 1. The first-order valence-corrected chi connectivity index (χ1v) is 5.83. The summed E-state index contributed by atoms with van der Waals surface area (Å²) < 4.78 is 0. The summed E-state index contributed by atoms with van der Waals surface area (Å²) in [6.07, 6.45) is 1.27. The zero-order valence-electron chi connectivity index (χ0n) is 8.81. The van der Waals surface area contributed by atoms with Gasteiger partial charge in [0.25, 0.3) is 0 Å². The van der Waals surface area contributed by atoms with Crippen LogP contribution >= 0.6 is 23.2 Å². The molecule has 0 saturated carbocycles. The minimum Gasteiger partial charge on any atom is -0.291 e. The molecule has 0 radical (unpaired) electrons. The smallest absolute Gasteiger partial charge is 0.234 e. The Bertz CT molecular complexity index is 401. The van der Waals surface area contributed by atoms with Crippen LogP contribution in [0.25, 0.3) is 0 Å². The minimum atomic E-state index is 0.0144. The normalized spacial score (nSPS) is 20.7. The van der Waals surface area contributed by atoms with Crippen molar-refractivity contribution in [3.8, 4) is 0 Å². The maximum Gasteiger partial charge on any atom is 0.234 e. The van der Waals surface area contributed by atoms with E-state index < -0.39 is 0 Å². The van der Waals surface area contributed by atoms with Crippen LogP contribution in [0.3, 0.4) is 0 Å². The van der Waals surface area contributed by atoms with Gasteiger partial charge in [-0.2, -0.15) is 0 Å². The Morgan fingerprint density at radius 1 is 1.31 bits per heavy atom. The van der Waals surface area contributed by atoms with Crippen molar-refractivity contribution in [3.63, 3.8) is 0 Å². The SMILES string of the molecule is Cc1c(Cl)cc(C2CCC(=O)NN2)cc1Cl. The maximum atomic E-state index is 11.0. The highest BCUT2D eigenvalue weighted by Gasteiger charge is 2.20. The Labute approximate surface area is 104 Å². The minimum absolute atomic E-state index is 0.0144. The van der Waals surface area contributed by atoms with E-state index in [0.717, 1.165) is 17.5 Å². The zero-order valence-corrected chi connectivity index (χ0v) is 10.3. The molecule has 0 aromatic heterocycles. The number of carbonyl (C=O) groups is 1. The number of hydrazine groups is 1. The van der Waals surface area contributed by atoms with Crippen LogP contribution in [0, 0.1) is 6.92 Å². The van der Waals surface area contributed by atoms with E-state index in [2.05, 4.69) is 10.9 Å². The summed E-state index contributed by atoms with van der Waals surface area (Å²) >= 11 is 12.1. The van der Waals surface area contributed by atoms with Crippen molar-refractivity contribution in [1.29, 1.82) is 0 Å². The average molecular weight is 259 g/mol. The molecule has 1 saturated heterocycles. The summed E-state index contributed by atoms with van der Waals surface area (Å²) in [6.45, 7) is 1.88. The second-order valence-corrected chi connectivity index (χ2v) is 4.71. The van der Waals surface area contributed by atoms with Gasteiger partial charge < -0.3 is 0 Å². The molecule has 1 atom stereocenters. The molecular weight excluding hydrogens is 247 g/mol. The molecule has 0 spiro atoms.